The van der Waals surface area contributed by atoms with Gasteiger partial charge in [-0.25, -0.2) is 0 Å². The van der Waals surface area contributed by atoms with Crippen LogP contribution in [0.15, 0.2) is 24.5 Å². The van der Waals surface area contributed by atoms with Crippen molar-refractivity contribution in [2.75, 3.05) is 26.7 Å². The fourth-order valence-corrected chi connectivity index (χ4v) is 2.43. The Morgan fingerprint density at radius 3 is 2.94 bits per heavy atom. The number of aromatic nitrogens is 1. The van der Waals surface area contributed by atoms with Gasteiger partial charge in [0.05, 0.1) is 6.61 Å². The van der Waals surface area contributed by atoms with Crippen LogP contribution in [0.4, 0.5) is 0 Å². The molecule has 2 heterocycles. The van der Waals surface area contributed by atoms with Crippen molar-refractivity contribution in [3.8, 4) is 0 Å². The summed E-state index contributed by atoms with van der Waals surface area (Å²) in [5.74, 6) is 0. The fourth-order valence-electron chi connectivity index (χ4n) is 2.43. The number of rotatable bonds is 3. The van der Waals surface area contributed by atoms with Crippen LogP contribution < -0.4 is 0 Å². The van der Waals surface area contributed by atoms with Gasteiger partial charge in [0.15, 0.2) is 0 Å². The maximum Gasteiger partial charge on any atom is 0.0599 e. The van der Waals surface area contributed by atoms with E-state index in [0.29, 0.717) is 6.04 Å². The minimum atomic E-state index is 0.227. The number of hydrogen-bond donors (Lipinski definition) is 1. The van der Waals surface area contributed by atoms with E-state index in [0.717, 1.165) is 19.6 Å². The van der Waals surface area contributed by atoms with Gasteiger partial charge in [-0.2, -0.15) is 0 Å². The van der Waals surface area contributed by atoms with Gasteiger partial charge in [0.2, 0.25) is 0 Å². The third-order valence-corrected chi connectivity index (χ3v) is 3.60. The van der Waals surface area contributed by atoms with Gasteiger partial charge >= 0.3 is 0 Å². The monoisotopic (exact) mass is 235 g/mol. The molecule has 1 aliphatic rings. The van der Waals surface area contributed by atoms with Crippen molar-refractivity contribution in [2.45, 2.75) is 25.6 Å². The Morgan fingerprint density at radius 2 is 2.29 bits per heavy atom. The van der Waals surface area contributed by atoms with E-state index in [1.807, 2.05) is 12.3 Å². The van der Waals surface area contributed by atoms with Crippen LogP contribution in [-0.4, -0.2) is 58.7 Å². The van der Waals surface area contributed by atoms with E-state index in [-0.39, 0.29) is 12.6 Å². The molecular weight excluding hydrogens is 214 g/mol. The molecule has 4 nitrogen and oxygen atoms in total. The van der Waals surface area contributed by atoms with Crippen LogP contribution in [0.5, 0.6) is 0 Å². The summed E-state index contributed by atoms with van der Waals surface area (Å²) < 4.78 is 0. The quantitative estimate of drug-likeness (QED) is 0.832. The number of aliphatic hydroxyl groups excluding tert-OH is 1. The average Bonchev–Trinajstić information content (AvgIpc) is 2.35. The Kier molecular flexibility index (Phi) is 4.10. The van der Waals surface area contributed by atoms with Gasteiger partial charge in [-0.1, -0.05) is 6.07 Å². The standard InChI is InChI=1S/C13H21N3O/c1-11-7-16(9-13(10-17)15(11)2)8-12-4-3-5-14-6-12/h3-6,11,13,17H,7-10H2,1-2H3. The molecule has 0 amide bonds. The Morgan fingerprint density at radius 1 is 1.47 bits per heavy atom. The highest BCUT2D eigenvalue weighted by molar-refractivity contribution is 5.08. The molecular formula is C13H21N3O. The normalized spacial score (nSPS) is 27.2. The first-order valence-corrected chi connectivity index (χ1v) is 6.14. The molecule has 2 rings (SSSR count). The molecule has 1 aromatic rings. The smallest absolute Gasteiger partial charge is 0.0599 e. The Bertz CT molecular complexity index is 344. The third-order valence-electron chi connectivity index (χ3n) is 3.60. The van der Waals surface area contributed by atoms with Crippen molar-refractivity contribution >= 4 is 0 Å². The molecule has 0 spiro atoms. The molecule has 17 heavy (non-hydrogen) atoms. The van der Waals surface area contributed by atoms with Crippen molar-refractivity contribution in [2.24, 2.45) is 0 Å². The summed E-state index contributed by atoms with van der Waals surface area (Å²) in [5.41, 5.74) is 1.24. The average molecular weight is 235 g/mol. The lowest BCUT2D eigenvalue weighted by molar-refractivity contribution is 0.0188. The summed E-state index contributed by atoms with van der Waals surface area (Å²) in [4.78, 5) is 8.79. The molecule has 1 N–H and O–H groups in total. The van der Waals surface area contributed by atoms with Crippen LogP contribution in [0, 0.1) is 0 Å². The van der Waals surface area contributed by atoms with Crippen LogP contribution in [0.2, 0.25) is 0 Å². The van der Waals surface area contributed by atoms with E-state index in [4.69, 9.17) is 0 Å². The molecule has 94 valence electrons. The summed E-state index contributed by atoms with van der Waals surface area (Å²) in [5, 5.41) is 9.38. The van der Waals surface area contributed by atoms with Crippen molar-refractivity contribution in [3.05, 3.63) is 30.1 Å². The van der Waals surface area contributed by atoms with Crippen LogP contribution in [0.25, 0.3) is 0 Å². The van der Waals surface area contributed by atoms with Crippen LogP contribution in [0.1, 0.15) is 12.5 Å². The summed E-state index contributed by atoms with van der Waals surface area (Å²) in [7, 11) is 2.09. The van der Waals surface area contributed by atoms with Crippen LogP contribution in [0.3, 0.4) is 0 Å². The van der Waals surface area contributed by atoms with Gasteiger partial charge in [0, 0.05) is 44.1 Å². The van der Waals surface area contributed by atoms with E-state index in [2.05, 4.69) is 34.8 Å². The summed E-state index contributed by atoms with van der Waals surface area (Å²) in [6.45, 7) is 5.32. The zero-order chi connectivity index (χ0) is 12.3. The Labute approximate surface area is 103 Å². The third kappa shape index (κ3) is 3.03. The maximum absolute atomic E-state index is 9.38. The highest BCUT2D eigenvalue weighted by Crippen LogP contribution is 2.15. The summed E-state index contributed by atoms with van der Waals surface area (Å²) in [6.07, 6.45) is 3.71. The highest BCUT2D eigenvalue weighted by atomic mass is 16.3. The number of pyridine rings is 1. The number of likely N-dealkylation sites (N-methyl/N-ethyl adjacent to an activating group) is 1. The zero-order valence-electron chi connectivity index (χ0n) is 10.6. The molecule has 0 aromatic carbocycles. The van der Waals surface area contributed by atoms with Crippen molar-refractivity contribution in [3.63, 3.8) is 0 Å². The molecule has 0 saturated carbocycles. The Hall–Kier alpha value is -0.970. The fraction of sp³-hybridized carbons (Fsp3) is 0.615. The van der Waals surface area contributed by atoms with E-state index < -0.39 is 0 Å². The molecule has 4 heteroatoms. The molecule has 0 bridgehead atoms. The maximum atomic E-state index is 9.38. The molecule has 0 aliphatic carbocycles. The molecule has 2 unspecified atom stereocenters. The second-order valence-electron chi connectivity index (χ2n) is 4.91. The number of nitrogens with zero attached hydrogens (tertiary/aromatic N) is 3. The first-order valence-electron chi connectivity index (χ1n) is 6.14. The van der Waals surface area contributed by atoms with E-state index in [1.165, 1.54) is 5.56 Å². The van der Waals surface area contributed by atoms with E-state index in [1.54, 1.807) is 6.20 Å². The number of piperazine rings is 1. The van der Waals surface area contributed by atoms with Gasteiger partial charge in [-0.05, 0) is 25.6 Å². The van der Waals surface area contributed by atoms with Crippen molar-refractivity contribution < 1.29 is 5.11 Å². The molecule has 2 atom stereocenters. The Balaban J connectivity index is 1.98. The van der Waals surface area contributed by atoms with Gasteiger partial charge in [0.25, 0.3) is 0 Å². The van der Waals surface area contributed by atoms with Gasteiger partial charge < -0.3 is 5.11 Å². The zero-order valence-corrected chi connectivity index (χ0v) is 10.6. The van der Waals surface area contributed by atoms with E-state index in [9.17, 15) is 5.11 Å². The minimum absolute atomic E-state index is 0.227. The van der Waals surface area contributed by atoms with E-state index >= 15 is 0 Å². The summed E-state index contributed by atoms with van der Waals surface area (Å²) >= 11 is 0. The molecule has 1 aliphatic heterocycles. The molecule has 1 aromatic heterocycles. The molecule has 0 radical (unpaired) electrons. The topological polar surface area (TPSA) is 39.6 Å². The summed E-state index contributed by atoms with van der Waals surface area (Å²) in [6, 6.07) is 4.80. The van der Waals surface area contributed by atoms with Gasteiger partial charge in [-0.15, -0.1) is 0 Å². The molecule has 1 saturated heterocycles. The predicted octanol–water partition coefficient (Wildman–Crippen LogP) is 0.578. The first kappa shape index (κ1) is 12.5. The van der Waals surface area contributed by atoms with Crippen LogP contribution in [-0.2, 0) is 6.54 Å². The lowest BCUT2D eigenvalue weighted by atomic mass is 10.1. The molecule has 1 fully saturated rings. The second-order valence-corrected chi connectivity index (χ2v) is 4.91. The predicted molar refractivity (Wildman–Crippen MR) is 67.6 cm³/mol. The number of hydrogen-bond acceptors (Lipinski definition) is 4. The lowest BCUT2D eigenvalue weighted by Gasteiger charge is -2.43. The van der Waals surface area contributed by atoms with Crippen molar-refractivity contribution in [1.29, 1.82) is 0 Å². The highest BCUT2D eigenvalue weighted by Gasteiger charge is 2.28. The van der Waals surface area contributed by atoms with Crippen molar-refractivity contribution in [1.82, 2.24) is 14.8 Å². The van der Waals surface area contributed by atoms with Crippen LogP contribution >= 0.6 is 0 Å². The largest absolute Gasteiger partial charge is 0.395 e. The lowest BCUT2D eigenvalue weighted by Crippen LogP contribution is -2.56. The van der Waals surface area contributed by atoms with Gasteiger partial charge in [-0.3, -0.25) is 14.8 Å². The van der Waals surface area contributed by atoms with Gasteiger partial charge in [0.1, 0.15) is 0 Å². The first-order chi connectivity index (χ1) is 8.20. The second kappa shape index (κ2) is 5.58. The SMILES string of the molecule is CC1CN(Cc2cccnc2)CC(CO)N1C. The number of aliphatic hydroxyl groups is 1. The minimum Gasteiger partial charge on any atom is -0.395 e.